The molecule has 0 saturated heterocycles. The molecule has 3 aromatic carbocycles. The van der Waals surface area contributed by atoms with Crippen LogP contribution in [0.5, 0.6) is 11.6 Å². The zero-order valence-electron chi connectivity index (χ0n) is 30.8. The molecule has 54 heavy (non-hydrogen) atoms. The van der Waals surface area contributed by atoms with E-state index < -0.39 is 0 Å². The summed E-state index contributed by atoms with van der Waals surface area (Å²) in [5.74, 6) is 3.40. The van der Waals surface area contributed by atoms with Crippen LogP contribution in [0.3, 0.4) is 0 Å². The monoisotopic (exact) mass is 708 g/mol. The van der Waals surface area contributed by atoms with E-state index in [2.05, 4.69) is 89.7 Å². The van der Waals surface area contributed by atoms with Crippen LogP contribution in [0, 0.1) is 32.6 Å². The van der Waals surface area contributed by atoms with Gasteiger partial charge in [0.15, 0.2) is 17.0 Å². The van der Waals surface area contributed by atoms with Gasteiger partial charge in [-0.2, -0.15) is 4.98 Å². The van der Waals surface area contributed by atoms with Crippen LogP contribution in [0.1, 0.15) is 60.1 Å². The number of hydrogen-bond donors (Lipinski definition) is 0. The molecule has 0 N–H and O–H groups in total. The zero-order chi connectivity index (χ0) is 36.1. The minimum Gasteiger partial charge on any atom is -0.435 e. The highest BCUT2D eigenvalue weighted by Gasteiger charge is 2.30. The number of pyridine rings is 3. The molecule has 0 spiro atoms. The average Bonchev–Trinajstić information content (AvgIpc) is 3.95. The molecule has 0 aliphatic heterocycles. The van der Waals surface area contributed by atoms with Crippen molar-refractivity contribution in [2.24, 2.45) is 11.8 Å². The van der Waals surface area contributed by atoms with Gasteiger partial charge < -0.3 is 9.15 Å². The highest BCUT2D eigenvalue weighted by molar-refractivity contribution is 6.07. The van der Waals surface area contributed by atoms with E-state index in [1.165, 1.54) is 54.4 Å². The van der Waals surface area contributed by atoms with Gasteiger partial charge >= 0.3 is 0 Å². The van der Waals surface area contributed by atoms with Crippen molar-refractivity contribution in [3.05, 3.63) is 119 Å². The van der Waals surface area contributed by atoms with Gasteiger partial charge in [-0.25, -0.2) is 9.97 Å². The maximum Gasteiger partial charge on any atom is 0.227 e. The summed E-state index contributed by atoms with van der Waals surface area (Å²) in [5, 5.41) is 1.89. The molecule has 0 bridgehead atoms. The third kappa shape index (κ3) is 4.96. The van der Waals surface area contributed by atoms with E-state index in [0.29, 0.717) is 22.9 Å². The first kappa shape index (κ1) is 31.5. The van der Waals surface area contributed by atoms with Gasteiger partial charge in [-0.05, 0) is 128 Å². The largest absolute Gasteiger partial charge is 0.435 e. The van der Waals surface area contributed by atoms with Gasteiger partial charge in [-0.1, -0.05) is 50.3 Å². The van der Waals surface area contributed by atoms with Crippen LogP contribution < -0.4 is 4.74 Å². The SMILES string of the molecule is Cc1ccc2c(n1)oc1c(Oc3ccc4c(n3)n(-c3ccc(C)c(C)c3)c3nc5ccccc5n43)cc(-c3cc4c(cn3)CC(C3CCCCC3)C4)cc12. The van der Waals surface area contributed by atoms with Gasteiger partial charge in [-0.15, -0.1) is 0 Å². The molecule has 266 valence electrons. The number of imidazole rings is 2. The lowest BCUT2D eigenvalue weighted by Gasteiger charge is -2.27. The van der Waals surface area contributed by atoms with Gasteiger partial charge in [0.1, 0.15) is 0 Å². The second-order valence-electron chi connectivity index (χ2n) is 15.6. The first-order valence-electron chi connectivity index (χ1n) is 19.3. The quantitative estimate of drug-likeness (QED) is 0.177. The topological polar surface area (TPSA) is 83.3 Å². The van der Waals surface area contributed by atoms with Gasteiger partial charge in [0.05, 0.1) is 27.9 Å². The molecule has 2 aliphatic rings. The Morgan fingerprint density at radius 2 is 1.59 bits per heavy atom. The van der Waals surface area contributed by atoms with E-state index in [9.17, 15) is 0 Å². The molecule has 0 amide bonds. The number of ether oxygens (including phenoxy) is 1. The molecular formula is C46H40N6O2. The summed E-state index contributed by atoms with van der Waals surface area (Å²) >= 11 is 0. The number of nitrogens with zero attached hydrogens (tertiary/aromatic N) is 6. The van der Waals surface area contributed by atoms with Gasteiger partial charge in [-0.3, -0.25) is 14.0 Å². The molecule has 6 aromatic heterocycles. The molecule has 6 heterocycles. The fourth-order valence-corrected chi connectivity index (χ4v) is 9.21. The van der Waals surface area contributed by atoms with E-state index >= 15 is 0 Å². The van der Waals surface area contributed by atoms with E-state index in [1.54, 1.807) is 0 Å². The average molecular weight is 709 g/mol. The second-order valence-corrected chi connectivity index (χ2v) is 15.6. The van der Waals surface area contributed by atoms with Crippen molar-refractivity contribution >= 4 is 50.0 Å². The van der Waals surface area contributed by atoms with Gasteiger partial charge in [0.2, 0.25) is 17.4 Å². The summed E-state index contributed by atoms with van der Waals surface area (Å²) in [5.41, 5.74) is 14.0. The van der Waals surface area contributed by atoms with E-state index in [-0.39, 0.29) is 0 Å². The minimum absolute atomic E-state index is 0.456. The van der Waals surface area contributed by atoms with Crippen LogP contribution in [-0.4, -0.2) is 28.9 Å². The van der Waals surface area contributed by atoms with Crippen molar-refractivity contribution in [1.82, 2.24) is 28.9 Å². The predicted molar refractivity (Wildman–Crippen MR) is 214 cm³/mol. The van der Waals surface area contributed by atoms with Crippen molar-refractivity contribution in [3.8, 4) is 28.6 Å². The third-order valence-corrected chi connectivity index (χ3v) is 12.2. The summed E-state index contributed by atoms with van der Waals surface area (Å²) in [4.78, 5) is 20.1. The Hall–Kier alpha value is -6.02. The molecule has 1 saturated carbocycles. The molecule has 9 aromatic rings. The second kappa shape index (κ2) is 12.0. The van der Waals surface area contributed by atoms with Crippen molar-refractivity contribution in [2.75, 3.05) is 0 Å². The standard InChI is InChI=1S/C46H40N6O2/c1-26-13-15-34(19-27(26)2)51-44-40(52-39-12-8-7-11-37(39)49-46(51)52)17-18-42(50-44)53-41-24-32(22-36-35-16-14-28(3)48-45(35)54-43(36)41)38-23-31-20-30(21-33(31)25-47-38)29-9-5-4-6-10-29/h7-8,11-19,22-25,29-30H,4-6,9-10,20-21H2,1-3H3. The number of furan rings is 1. The fraction of sp³-hybridized carbons (Fsp3) is 0.261. The van der Waals surface area contributed by atoms with E-state index in [1.807, 2.05) is 31.2 Å². The molecule has 8 heteroatoms. The molecule has 11 rings (SSSR count). The Balaban J connectivity index is 1.05. The van der Waals surface area contributed by atoms with Crippen LogP contribution in [0.2, 0.25) is 0 Å². The number of para-hydroxylation sites is 2. The van der Waals surface area contributed by atoms with Gasteiger partial charge in [0.25, 0.3) is 0 Å². The first-order valence-corrected chi connectivity index (χ1v) is 19.3. The summed E-state index contributed by atoms with van der Waals surface area (Å²) in [6.45, 7) is 6.25. The van der Waals surface area contributed by atoms with Crippen LogP contribution in [0.4, 0.5) is 0 Å². The number of hydrogen-bond acceptors (Lipinski definition) is 6. The number of rotatable bonds is 5. The Morgan fingerprint density at radius 1 is 0.722 bits per heavy atom. The van der Waals surface area contributed by atoms with Crippen molar-refractivity contribution in [1.29, 1.82) is 0 Å². The number of benzene rings is 3. The minimum atomic E-state index is 0.456. The molecule has 0 radical (unpaired) electrons. The summed E-state index contributed by atoms with van der Waals surface area (Å²) < 4.78 is 17.6. The third-order valence-electron chi connectivity index (χ3n) is 12.2. The lowest BCUT2D eigenvalue weighted by atomic mass is 9.79. The Labute approximate surface area is 312 Å². The molecule has 1 fully saturated rings. The van der Waals surface area contributed by atoms with Crippen LogP contribution in [0.25, 0.3) is 67.0 Å². The number of aryl methyl sites for hydroxylation is 3. The van der Waals surface area contributed by atoms with Crippen molar-refractivity contribution < 1.29 is 9.15 Å². The Bertz CT molecular complexity index is 2960. The summed E-state index contributed by atoms with van der Waals surface area (Å²) in [6, 6.07) is 29.4. The normalized spacial score (nSPS) is 16.4. The number of aromatic nitrogens is 6. The summed E-state index contributed by atoms with van der Waals surface area (Å²) in [6.07, 6.45) is 11.3. The van der Waals surface area contributed by atoms with Crippen LogP contribution in [0.15, 0.2) is 95.5 Å². The highest BCUT2D eigenvalue weighted by atomic mass is 16.5. The Morgan fingerprint density at radius 3 is 2.48 bits per heavy atom. The van der Waals surface area contributed by atoms with Gasteiger partial charge in [0, 0.05) is 34.3 Å². The highest BCUT2D eigenvalue weighted by Crippen LogP contribution is 2.43. The fourth-order valence-electron chi connectivity index (χ4n) is 9.21. The van der Waals surface area contributed by atoms with Crippen LogP contribution >= 0.6 is 0 Å². The van der Waals surface area contributed by atoms with E-state index in [0.717, 1.165) is 86.1 Å². The predicted octanol–water partition coefficient (Wildman–Crippen LogP) is 11.2. The number of fused-ring (bicyclic) bond motifs is 9. The Kier molecular flexibility index (Phi) is 7.00. The maximum atomic E-state index is 6.80. The smallest absolute Gasteiger partial charge is 0.227 e. The molecule has 1 atom stereocenters. The lowest BCUT2D eigenvalue weighted by Crippen LogP contribution is -2.18. The van der Waals surface area contributed by atoms with E-state index in [4.69, 9.17) is 29.1 Å². The molecule has 2 aliphatic carbocycles. The zero-order valence-corrected chi connectivity index (χ0v) is 30.8. The van der Waals surface area contributed by atoms with Crippen molar-refractivity contribution in [3.63, 3.8) is 0 Å². The van der Waals surface area contributed by atoms with Crippen LogP contribution in [-0.2, 0) is 12.8 Å². The lowest BCUT2D eigenvalue weighted by molar-refractivity contribution is 0.255. The van der Waals surface area contributed by atoms with Crippen molar-refractivity contribution in [2.45, 2.75) is 65.7 Å². The first-order chi connectivity index (χ1) is 26.4. The molecule has 1 unspecified atom stereocenters. The molecular weight excluding hydrogens is 669 g/mol. The molecule has 8 nitrogen and oxygen atoms in total. The maximum absolute atomic E-state index is 6.80. The summed E-state index contributed by atoms with van der Waals surface area (Å²) in [7, 11) is 0.